The Morgan fingerprint density at radius 1 is 1.16 bits per heavy atom. The van der Waals surface area contributed by atoms with E-state index in [-0.39, 0.29) is 11.5 Å². The van der Waals surface area contributed by atoms with E-state index in [2.05, 4.69) is 36.2 Å². The fourth-order valence-electron chi connectivity index (χ4n) is 3.35. The summed E-state index contributed by atoms with van der Waals surface area (Å²) in [5.74, 6) is 0. The average Bonchev–Trinajstić information content (AvgIpc) is 2.47. The predicted octanol–water partition coefficient (Wildman–Crippen LogP) is 4.21. The summed E-state index contributed by atoms with van der Waals surface area (Å²) >= 11 is 0. The van der Waals surface area contributed by atoms with Crippen molar-refractivity contribution >= 4 is 10.9 Å². The van der Waals surface area contributed by atoms with Gasteiger partial charge < -0.3 is 5.73 Å². The first kappa shape index (κ1) is 12.6. The molecule has 2 nitrogen and oxygen atoms in total. The molecule has 2 N–H and O–H groups in total. The second kappa shape index (κ2) is 4.93. The molecule has 1 aromatic carbocycles. The summed E-state index contributed by atoms with van der Waals surface area (Å²) in [5, 5.41) is 1.19. The minimum Gasteiger partial charge on any atom is -0.323 e. The molecule has 0 radical (unpaired) electrons. The van der Waals surface area contributed by atoms with Crippen molar-refractivity contribution in [1.29, 1.82) is 0 Å². The average molecular weight is 254 g/mol. The Bertz CT molecular complexity index is 570. The molecule has 0 bridgehead atoms. The van der Waals surface area contributed by atoms with E-state index in [4.69, 9.17) is 5.73 Å². The van der Waals surface area contributed by atoms with Gasteiger partial charge in [0, 0.05) is 17.6 Å². The highest BCUT2D eigenvalue weighted by molar-refractivity contribution is 5.79. The smallest absolute Gasteiger partial charge is 0.0705 e. The maximum Gasteiger partial charge on any atom is 0.0705 e. The Kier molecular flexibility index (Phi) is 3.28. The lowest BCUT2D eigenvalue weighted by molar-refractivity contribution is 0.170. The van der Waals surface area contributed by atoms with E-state index in [1.165, 1.54) is 43.1 Å². The summed E-state index contributed by atoms with van der Waals surface area (Å²) in [6.45, 7) is 2.35. The van der Waals surface area contributed by atoms with E-state index in [0.717, 1.165) is 5.52 Å². The van der Waals surface area contributed by atoms with E-state index >= 15 is 0 Å². The van der Waals surface area contributed by atoms with E-state index < -0.39 is 0 Å². The van der Waals surface area contributed by atoms with Crippen LogP contribution in [0.3, 0.4) is 0 Å². The summed E-state index contributed by atoms with van der Waals surface area (Å²) in [5.41, 5.74) is 9.10. The molecule has 100 valence electrons. The van der Waals surface area contributed by atoms with Gasteiger partial charge in [0.15, 0.2) is 0 Å². The highest BCUT2D eigenvalue weighted by atomic mass is 14.7. The minimum absolute atomic E-state index is 0.124. The molecule has 19 heavy (non-hydrogen) atoms. The Morgan fingerprint density at radius 2 is 1.95 bits per heavy atom. The fourth-order valence-corrected chi connectivity index (χ4v) is 3.35. The number of rotatable bonds is 2. The third-order valence-electron chi connectivity index (χ3n) is 4.74. The molecule has 1 aromatic heterocycles. The van der Waals surface area contributed by atoms with Crippen LogP contribution in [0.25, 0.3) is 10.9 Å². The standard InChI is InChI=1S/C17H22N2/c1-17(9-3-2-4-10-17)16(18)14-8-7-13-6-5-11-19-15(13)12-14/h5-8,11-12,16H,2-4,9-10,18H2,1H3. The highest BCUT2D eigenvalue weighted by Crippen LogP contribution is 2.44. The molecular weight excluding hydrogens is 232 g/mol. The number of hydrogen-bond donors (Lipinski definition) is 1. The number of hydrogen-bond acceptors (Lipinski definition) is 2. The number of pyridine rings is 1. The van der Waals surface area contributed by atoms with Crippen molar-refractivity contribution in [2.75, 3.05) is 0 Å². The van der Waals surface area contributed by atoms with Crippen molar-refractivity contribution in [2.45, 2.75) is 45.1 Å². The molecule has 2 aromatic rings. The second-order valence-corrected chi connectivity index (χ2v) is 6.15. The summed E-state index contributed by atoms with van der Waals surface area (Å²) in [4.78, 5) is 4.44. The van der Waals surface area contributed by atoms with Crippen LogP contribution in [0.15, 0.2) is 36.5 Å². The molecule has 1 aliphatic rings. The zero-order valence-corrected chi connectivity index (χ0v) is 11.6. The van der Waals surface area contributed by atoms with Gasteiger partial charge in [-0.1, -0.05) is 44.4 Å². The first-order valence-electron chi connectivity index (χ1n) is 7.29. The first-order chi connectivity index (χ1) is 9.19. The van der Waals surface area contributed by atoms with Gasteiger partial charge in [-0.15, -0.1) is 0 Å². The van der Waals surface area contributed by atoms with Gasteiger partial charge in [0.05, 0.1) is 5.52 Å². The molecule has 1 heterocycles. The van der Waals surface area contributed by atoms with E-state index in [1.807, 2.05) is 12.3 Å². The summed E-state index contributed by atoms with van der Waals surface area (Å²) in [6, 6.07) is 10.7. The Morgan fingerprint density at radius 3 is 2.74 bits per heavy atom. The van der Waals surface area contributed by atoms with Crippen LogP contribution in [0.5, 0.6) is 0 Å². The van der Waals surface area contributed by atoms with Crippen molar-refractivity contribution in [3.05, 3.63) is 42.1 Å². The molecule has 3 rings (SSSR count). The number of aromatic nitrogens is 1. The third kappa shape index (κ3) is 2.37. The van der Waals surface area contributed by atoms with Gasteiger partial charge in [-0.05, 0) is 36.0 Å². The molecule has 0 saturated heterocycles. The predicted molar refractivity (Wildman–Crippen MR) is 79.9 cm³/mol. The van der Waals surface area contributed by atoms with Crippen LogP contribution in [-0.4, -0.2) is 4.98 Å². The second-order valence-electron chi connectivity index (χ2n) is 6.15. The van der Waals surface area contributed by atoms with Crippen LogP contribution >= 0.6 is 0 Å². The molecule has 1 unspecified atom stereocenters. The Balaban J connectivity index is 1.94. The zero-order chi connectivity index (χ0) is 13.3. The zero-order valence-electron chi connectivity index (χ0n) is 11.6. The van der Waals surface area contributed by atoms with Crippen LogP contribution in [0.4, 0.5) is 0 Å². The molecule has 1 atom stereocenters. The topological polar surface area (TPSA) is 38.9 Å². The van der Waals surface area contributed by atoms with Crippen LogP contribution < -0.4 is 5.73 Å². The van der Waals surface area contributed by atoms with E-state index in [9.17, 15) is 0 Å². The van der Waals surface area contributed by atoms with Gasteiger partial charge in [-0.25, -0.2) is 0 Å². The maximum atomic E-state index is 6.57. The lowest BCUT2D eigenvalue weighted by atomic mass is 9.69. The largest absolute Gasteiger partial charge is 0.323 e. The van der Waals surface area contributed by atoms with Gasteiger partial charge in [0.1, 0.15) is 0 Å². The van der Waals surface area contributed by atoms with Crippen LogP contribution in [0, 0.1) is 5.41 Å². The maximum absolute atomic E-state index is 6.57. The van der Waals surface area contributed by atoms with Gasteiger partial charge in [-0.3, -0.25) is 4.98 Å². The van der Waals surface area contributed by atoms with Crippen LogP contribution in [0.2, 0.25) is 0 Å². The molecule has 0 amide bonds. The van der Waals surface area contributed by atoms with Crippen molar-refractivity contribution in [3.63, 3.8) is 0 Å². The van der Waals surface area contributed by atoms with E-state index in [1.54, 1.807) is 0 Å². The number of nitrogens with two attached hydrogens (primary N) is 1. The van der Waals surface area contributed by atoms with Gasteiger partial charge in [0.25, 0.3) is 0 Å². The normalized spacial score (nSPS) is 20.3. The lowest BCUT2D eigenvalue weighted by Crippen LogP contribution is -2.33. The third-order valence-corrected chi connectivity index (χ3v) is 4.74. The van der Waals surface area contributed by atoms with Crippen molar-refractivity contribution < 1.29 is 0 Å². The molecule has 1 aliphatic carbocycles. The van der Waals surface area contributed by atoms with Gasteiger partial charge in [-0.2, -0.15) is 0 Å². The number of nitrogens with zero attached hydrogens (tertiary/aromatic N) is 1. The molecular formula is C17H22N2. The molecule has 0 aliphatic heterocycles. The SMILES string of the molecule is CC1(C(N)c2ccc3cccnc3c2)CCCCC1. The quantitative estimate of drug-likeness (QED) is 0.872. The molecule has 0 spiro atoms. The molecule has 1 saturated carbocycles. The van der Waals surface area contributed by atoms with Crippen molar-refractivity contribution in [2.24, 2.45) is 11.1 Å². The van der Waals surface area contributed by atoms with Crippen LogP contribution in [0.1, 0.15) is 50.6 Å². The number of fused-ring (bicyclic) bond motifs is 1. The summed E-state index contributed by atoms with van der Waals surface area (Å²) < 4.78 is 0. The molecule has 1 fully saturated rings. The monoisotopic (exact) mass is 254 g/mol. The summed E-state index contributed by atoms with van der Waals surface area (Å²) in [6.07, 6.45) is 8.33. The first-order valence-corrected chi connectivity index (χ1v) is 7.29. The van der Waals surface area contributed by atoms with Gasteiger partial charge >= 0.3 is 0 Å². The van der Waals surface area contributed by atoms with E-state index in [0.29, 0.717) is 0 Å². The van der Waals surface area contributed by atoms with Crippen molar-refractivity contribution in [3.8, 4) is 0 Å². The number of benzene rings is 1. The molecule has 2 heteroatoms. The van der Waals surface area contributed by atoms with Crippen molar-refractivity contribution in [1.82, 2.24) is 4.98 Å². The Labute approximate surface area is 115 Å². The minimum atomic E-state index is 0.124. The summed E-state index contributed by atoms with van der Waals surface area (Å²) in [7, 11) is 0. The fraction of sp³-hybridized carbons (Fsp3) is 0.471. The lowest BCUT2D eigenvalue weighted by Gasteiger charge is -2.39. The highest BCUT2D eigenvalue weighted by Gasteiger charge is 2.34. The van der Waals surface area contributed by atoms with Gasteiger partial charge in [0.2, 0.25) is 0 Å². The van der Waals surface area contributed by atoms with Crippen LogP contribution in [-0.2, 0) is 0 Å². The Hall–Kier alpha value is -1.41.